The maximum absolute atomic E-state index is 10.6. The smallest absolute Gasteiger partial charge is 0.275 e. The van der Waals surface area contributed by atoms with Crippen molar-refractivity contribution in [2.75, 3.05) is 17.7 Å². The summed E-state index contributed by atoms with van der Waals surface area (Å²) in [6, 6.07) is 2.86. The second kappa shape index (κ2) is 3.30. The van der Waals surface area contributed by atoms with Gasteiger partial charge in [0.05, 0.1) is 22.7 Å². The highest BCUT2D eigenvalue weighted by Crippen LogP contribution is 2.37. The van der Waals surface area contributed by atoms with Gasteiger partial charge in [-0.05, 0) is 6.92 Å². The highest BCUT2D eigenvalue weighted by Gasteiger charge is 2.21. The molecule has 6 heteroatoms. The van der Waals surface area contributed by atoms with E-state index in [4.69, 9.17) is 10.5 Å². The third-order valence-electron chi connectivity index (χ3n) is 2.21. The van der Waals surface area contributed by atoms with E-state index in [-0.39, 0.29) is 11.7 Å². The number of nitrogens with two attached hydrogens (primary N) is 1. The first kappa shape index (κ1) is 9.57. The molecule has 0 amide bonds. The molecule has 0 bridgehead atoms. The summed E-state index contributed by atoms with van der Waals surface area (Å²) in [5, 5.41) is 13.7. The summed E-state index contributed by atoms with van der Waals surface area (Å²) < 4.78 is 5.36. The number of rotatable bonds is 1. The van der Waals surface area contributed by atoms with Crippen molar-refractivity contribution in [1.82, 2.24) is 0 Å². The molecule has 6 nitrogen and oxygen atoms in total. The Morgan fingerprint density at radius 2 is 2.40 bits per heavy atom. The number of non-ortho nitro benzene ring substituents is 1. The van der Waals surface area contributed by atoms with Crippen LogP contribution in [0.3, 0.4) is 0 Å². The molecule has 0 aromatic heterocycles. The van der Waals surface area contributed by atoms with E-state index in [1.807, 2.05) is 6.92 Å². The average Bonchev–Trinajstić information content (AvgIpc) is 2.18. The van der Waals surface area contributed by atoms with Gasteiger partial charge in [-0.15, -0.1) is 0 Å². The molecule has 0 saturated heterocycles. The quantitative estimate of drug-likeness (QED) is 0.414. The Bertz CT molecular complexity index is 419. The minimum atomic E-state index is -0.488. The van der Waals surface area contributed by atoms with Crippen LogP contribution in [-0.4, -0.2) is 17.6 Å². The fraction of sp³-hybridized carbons (Fsp3) is 0.333. The van der Waals surface area contributed by atoms with Gasteiger partial charge in [-0.3, -0.25) is 10.1 Å². The zero-order valence-corrected chi connectivity index (χ0v) is 8.19. The van der Waals surface area contributed by atoms with Crippen molar-refractivity contribution < 1.29 is 9.66 Å². The summed E-state index contributed by atoms with van der Waals surface area (Å²) in [6.45, 7) is 2.43. The molecule has 15 heavy (non-hydrogen) atoms. The van der Waals surface area contributed by atoms with Gasteiger partial charge in [0, 0.05) is 6.07 Å². The Kier molecular flexibility index (Phi) is 2.11. The number of ether oxygens (including phenoxy) is 1. The van der Waals surface area contributed by atoms with Crippen LogP contribution >= 0.6 is 0 Å². The van der Waals surface area contributed by atoms with Crippen molar-refractivity contribution >= 4 is 17.1 Å². The summed E-state index contributed by atoms with van der Waals surface area (Å²) in [5.41, 5.74) is 6.62. The molecule has 2 rings (SSSR count). The molecule has 0 saturated carbocycles. The van der Waals surface area contributed by atoms with Gasteiger partial charge >= 0.3 is 0 Å². The number of nitro groups is 1. The summed E-state index contributed by atoms with van der Waals surface area (Å²) in [6.07, 6.45) is 0. The van der Waals surface area contributed by atoms with Crippen molar-refractivity contribution in [2.24, 2.45) is 0 Å². The van der Waals surface area contributed by atoms with Crippen LogP contribution < -0.4 is 15.8 Å². The topological polar surface area (TPSA) is 90.4 Å². The zero-order chi connectivity index (χ0) is 11.0. The average molecular weight is 209 g/mol. The zero-order valence-electron chi connectivity index (χ0n) is 8.19. The molecular formula is C9H11N3O3. The molecule has 80 valence electrons. The summed E-state index contributed by atoms with van der Waals surface area (Å²) in [5.74, 6) is 0.444. The third-order valence-corrected chi connectivity index (χ3v) is 2.21. The Hall–Kier alpha value is -1.98. The van der Waals surface area contributed by atoms with E-state index in [1.54, 1.807) is 0 Å². The molecule has 1 atom stereocenters. The van der Waals surface area contributed by atoms with E-state index in [0.717, 1.165) is 0 Å². The van der Waals surface area contributed by atoms with Crippen LogP contribution in [0, 0.1) is 10.1 Å². The first-order chi connectivity index (χ1) is 7.08. The molecule has 3 N–H and O–H groups in total. The predicted octanol–water partition coefficient (Wildman–Crippen LogP) is 1.37. The number of hydrogen-bond donors (Lipinski definition) is 2. The Morgan fingerprint density at radius 3 is 3.07 bits per heavy atom. The Labute approximate surface area is 86.2 Å². The number of nitro benzene ring substituents is 1. The maximum atomic E-state index is 10.6. The molecule has 1 aliphatic heterocycles. The van der Waals surface area contributed by atoms with Gasteiger partial charge in [-0.1, -0.05) is 0 Å². The largest absolute Gasteiger partial charge is 0.489 e. The van der Waals surface area contributed by atoms with Crippen molar-refractivity contribution in [3.63, 3.8) is 0 Å². The van der Waals surface area contributed by atoms with Gasteiger partial charge in [0.2, 0.25) is 0 Å². The van der Waals surface area contributed by atoms with Gasteiger partial charge in [0.25, 0.3) is 5.69 Å². The molecule has 0 spiro atoms. The van der Waals surface area contributed by atoms with Crippen LogP contribution in [0.1, 0.15) is 6.92 Å². The lowest BCUT2D eigenvalue weighted by Crippen LogP contribution is -2.28. The van der Waals surface area contributed by atoms with Gasteiger partial charge in [-0.25, -0.2) is 0 Å². The number of hydrogen-bond acceptors (Lipinski definition) is 5. The van der Waals surface area contributed by atoms with E-state index in [9.17, 15) is 10.1 Å². The maximum Gasteiger partial charge on any atom is 0.275 e. The van der Waals surface area contributed by atoms with E-state index in [0.29, 0.717) is 23.7 Å². The number of nitrogens with zero attached hydrogens (tertiary/aromatic N) is 1. The van der Waals surface area contributed by atoms with Crippen molar-refractivity contribution in [3.8, 4) is 5.75 Å². The first-order valence-corrected chi connectivity index (χ1v) is 4.55. The fourth-order valence-corrected chi connectivity index (χ4v) is 1.50. The van der Waals surface area contributed by atoms with Crippen LogP contribution in [0.25, 0.3) is 0 Å². The highest BCUT2D eigenvalue weighted by molar-refractivity contribution is 5.77. The van der Waals surface area contributed by atoms with Crippen molar-refractivity contribution in [3.05, 3.63) is 22.2 Å². The van der Waals surface area contributed by atoms with Gasteiger partial charge in [0.1, 0.15) is 12.3 Å². The van der Waals surface area contributed by atoms with E-state index >= 15 is 0 Å². The Morgan fingerprint density at radius 1 is 1.67 bits per heavy atom. The fourth-order valence-electron chi connectivity index (χ4n) is 1.50. The molecule has 0 fully saturated rings. The molecular weight excluding hydrogens is 198 g/mol. The number of benzene rings is 1. The summed E-state index contributed by atoms with van der Waals surface area (Å²) in [7, 11) is 0. The molecule has 0 aliphatic carbocycles. The monoisotopic (exact) mass is 209 g/mol. The minimum absolute atomic E-state index is 0.0531. The molecule has 1 heterocycles. The second-order valence-electron chi connectivity index (χ2n) is 3.52. The summed E-state index contributed by atoms with van der Waals surface area (Å²) >= 11 is 0. The number of fused-ring (bicyclic) bond motifs is 1. The van der Waals surface area contributed by atoms with Crippen LogP contribution in [-0.2, 0) is 0 Å². The van der Waals surface area contributed by atoms with Crippen LogP contribution in [0.4, 0.5) is 17.1 Å². The number of anilines is 2. The minimum Gasteiger partial charge on any atom is -0.489 e. The lowest BCUT2D eigenvalue weighted by atomic mass is 10.1. The number of nitrogens with one attached hydrogen (secondary N) is 1. The van der Waals surface area contributed by atoms with Gasteiger partial charge < -0.3 is 15.8 Å². The second-order valence-corrected chi connectivity index (χ2v) is 3.52. The van der Waals surface area contributed by atoms with Crippen molar-refractivity contribution in [2.45, 2.75) is 13.0 Å². The van der Waals surface area contributed by atoms with E-state index in [1.165, 1.54) is 12.1 Å². The normalized spacial score (nSPS) is 18.6. The molecule has 0 radical (unpaired) electrons. The molecule has 1 aromatic rings. The van der Waals surface area contributed by atoms with Crippen LogP contribution in [0.15, 0.2) is 12.1 Å². The highest BCUT2D eigenvalue weighted by atomic mass is 16.6. The van der Waals surface area contributed by atoms with E-state index < -0.39 is 4.92 Å². The number of nitrogen functional groups attached to an aromatic ring is 1. The lowest BCUT2D eigenvalue weighted by Gasteiger charge is -2.25. The first-order valence-electron chi connectivity index (χ1n) is 4.55. The van der Waals surface area contributed by atoms with Crippen molar-refractivity contribution in [1.29, 1.82) is 0 Å². The predicted molar refractivity (Wildman–Crippen MR) is 56.1 cm³/mol. The summed E-state index contributed by atoms with van der Waals surface area (Å²) in [4.78, 5) is 10.1. The lowest BCUT2D eigenvalue weighted by molar-refractivity contribution is -0.384. The van der Waals surface area contributed by atoms with Crippen LogP contribution in [0.5, 0.6) is 5.75 Å². The SMILES string of the molecule is C[C@H]1COc2cc([N+](=O)[O-])cc(N)c2N1. The molecule has 1 aromatic carbocycles. The van der Waals surface area contributed by atoms with Gasteiger partial charge in [-0.2, -0.15) is 0 Å². The van der Waals surface area contributed by atoms with E-state index in [2.05, 4.69) is 5.32 Å². The molecule has 0 unspecified atom stereocenters. The van der Waals surface area contributed by atoms with Crippen LogP contribution in [0.2, 0.25) is 0 Å². The third kappa shape index (κ3) is 1.65. The standard InChI is InChI=1S/C9H11N3O3/c1-5-4-15-8-3-6(12(13)14)2-7(10)9(8)11-5/h2-3,5,11H,4,10H2,1H3/t5-/m0/s1. The molecule has 1 aliphatic rings. The van der Waals surface area contributed by atoms with Gasteiger partial charge in [0.15, 0.2) is 5.75 Å². The Balaban J connectivity index is 2.48.